The van der Waals surface area contributed by atoms with Gasteiger partial charge in [0.2, 0.25) is 0 Å². The van der Waals surface area contributed by atoms with Gasteiger partial charge in [0, 0.05) is 19.6 Å². The zero-order valence-corrected chi connectivity index (χ0v) is 10.1. The van der Waals surface area contributed by atoms with Gasteiger partial charge in [-0.1, -0.05) is 6.07 Å². The van der Waals surface area contributed by atoms with Crippen LogP contribution in [-0.2, 0) is 17.8 Å². The molecule has 0 atom stereocenters. The number of nitrogens with one attached hydrogen (secondary N) is 1. The molecule has 0 bridgehead atoms. The van der Waals surface area contributed by atoms with E-state index in [-0.39, 0.29) is 0 Å². The summed E-state index contributed by atoms with van der Waals surface area (Å²) in [6, 6.07) is 4.38. The topological polar surface area (TPSA) is 37.4 Å². The minimum absolute atomic E-state index is 0.676. The number of ether oxygens (including phenoxy) is 1. The molecule has 2 aliphatic rings. The van der Waals surface area contributed by atoms with Crippen molar-refractivity contribution in [2.45, 2.75) is 19.4 Å². The highest BCUT2D eigenvalue weighted by Crippen LogP contribution is 2.20. The number of aromatic nitrogens is 1. The monoisotopic (exact) mass is 233 g/mol. The molecule has 1 N–H and O–H groups in total. The Hall–Kier alpha value is -1.13. The Morgan fingerprint density at radius 2 is 2.24 bits per heavy atom. The van der Waals surface area contributed by atoms with E-state index in [2.05, 4.69) is 22.3 Å². The van der Waals surface area contributed by atoms with Crippen molar-refractivity contribution in [2.75, 3.05) is 37.7 Å². The van der Waals surface area contributed by atoms with Crippen LogP contribution in [0.25, 0.3) is 0 Å². The lowest BCUT2D eigenvalue weighted by atomic mass is 10.1. The Kier molecular flexibility index (Phi) is 3.25. The standard InChI is InChI=1S/C13H19N3O/c1-5-14-6-8-16(7-1)13-3-2-11-4-9-17-10-12(11)15-13/h2-3,14H,1,4-10H2. The van der Waals surface area contributed by atoms with E-state index in [1.807, 2.05) is 0 Å². The fourth-order valence-electron chi connectivity index (χ4n) is 2.47. The van der Waals surface area contributed by atoms with Crippen molar-refractivity contribution in [2.24, 2.45) is 0 Å². The maximum atomic E-state index is 5.47. The predicted molar refractivity (Wildman–Crippen MR) is 67.3 cm³/mol. The summed E-state index contributed by atoms with van der Waals surface area (Å²) in [5.41, 5.74) is 2.49. The van der Waals surface area contributed by atoms with Crippen LogP contribution in [-0.4, -0.2) is 37.8 Å². The van der Waals surface area contributed by atoms with Gasteiger partial charge in [-0.2, -0.15) is 0 Å². The number of nitrogens with zero attached hydrogens (tertiary/aromatic N) is 2. The first kappa shape index (κ1) is 11.0. The molecule has 0 unspecified atom stereocenters. The van der Waals surface area contributed by atoms with Gasteiger partial charge >= 0.3 is 0 Å². The van der Waals surface area contributed by atoms with Crippen molar-refractivity contribution in [1.29, 1.82) is 0 Å². The van der Waals surface area contributed by atoms with Crippen LogP contribution in [0.4, 0.5) is 5.82 Å². The van der Waals surface area contributed by atoms with Gasteiger partial charge in [0.1, 0.15) is 5.82 Å². The van der Waals surface area contributed by atoms with E-state index in [1.54, 1.807) is 0 Å². The van der Waals surface area contributed by atoms with Gasteiger partial charge in [-0.05, 0) is 31.0 Å². The van der Waals surface area contributed by atoms with E-state index >= 15 is 0 Å². The number of rotatable bonds is 1. The minimum atomic E-state index is 0.676. The summed E-state index contributed by atoms with van der Waals surface area (Å²) in [6.07, 6.45) is 2.19. The van der Waals surface area contributed by atoms with Crippen LogP contribution in [0.15, 0.2) is 12.1 Å². The lowest BCUT2D eigenvalue weighted by Gasteiger charge is -2.23. The summed E-state index contributed by atoms with van der Waals surface area (Å²) in [5.74, 6) is 1.11. The van der Waals surface area contributed by atoms with Crippen LogP contribution >= 0.6 is 0 Å². The zero-order chi connectivity index (χ0) is 11.5. The highest BCUT2D eigenvalue weighted by atomic mass is 16.5. The Morgan fingerprint density at radius 3 is 3.24 bits per heavy atom. The Morgan fingerprint density at radius 1 is 1.24 bits per heavy atom. The molecule has 4 nitrogen and oxygen atoms in total. The van der Waals surface area contributed by atoms with Crippen LogP contribution in [0.5, 0.6) is 0 Å². The number of hydrogen-bond donors (Lipinski definition) is 1. The quantitative estimate of drug-likeness (QED) is 0.784. The molecule has 4 heteroatoms. The van der Waals surface area contributed by atoms with Crippen molar-refractivity contribution < 1.29 is 4.74 Å². The number of fused-ring (bicyclic) bond motifs is 1. The molecular formula is C13H19N3O. The van der Waals surface area contributed by atoms with E-state index in [9.17, 15) is 0 Å². The molecule has 1 aromatic heterocycles. The van der Waals surface area contributed by atoms with E-state index in [0.717, 1.165) is 50.7 Å². The SMILES string of the molecule is c1cc2c(nc1N1CCCNCC1)COCC2. The third kappa shape index (κ3) is 2.42. The van der Waals surface area contributed by atoms with E-state index in [0.29, 0.717) is 6.61 Å². The van der Waals surface area contributed by atoms with Crippen molar-refractivity contribution in [3.8, 4) is 0 Å². The van der Waals surface area contributed by atoms with Crippen LogP contribution in [0, 0.1) is 0 Å². The smallest absolute Gasteiger partial charge is 0.128 e. The number of pyridine rings is 1. The largest absolute Gasteiger partial charge is 0.375 e. The fourth-order valence-corrected chi connectivity index (χ4v) is 2.47. The summed E-state index contributed by atoms with van der Waals surface area (Å²) >= 11 is 0. The lowest BCUT2D eigenvalue weighted by Crippen LogP contribution is -2.29. The molecule has 0 saturated carbocycles. The third-order valence-corrected chi connectivity index (χ3v) is 3.47. The number of anilines is 1. The predicted octanol–water partition coefficient (Wildman–Crippen LogP) is 0.954. The first-order valence-corrected chi connectivity index (χ1v) is 6.46. The molecule has 0 amide bonds. The normalized spacial score (nSPS) is 20.8. The Balaban J connectivity index is 1.82. The van der Waals surface area contributed by atoms with Gasteiger partial charge in [0.05, 0.1) is 18.9 Å². The molecule has 92 valence electrons. The second-order valence-electron chi connectivity index (χ2n) is 4.67. The molecule has 0 radical (unpaired) electrons. The minimum Gasteiger partial charge on any atom is -0.375 e. The van der Waals surface area contributed by atoms with Crippen molar-refractivity contribution in [3.63, 3.8) is 0 Å². The third-order valence-electron chi connectivity index (χ3n) is 3.47. The average molecular weight is 233 g/mol. The molecule has 2 aliphatic heterocycles. The molecular weight excluding hydrogens is 214 g/mol. The van der Waals surface area contributed by atoms with E-state index in [1.165, 1.54) is 12.0 Å². The van der Waals surface area contributed by atoms with Crippen molar-refractivity contribution >= 4 is 5.82 Å². The Bertz CT molecular complexity index is 386. The molecule has 0 spiro atoms. The van der Waals surface area contributed by atoms with E-state index in [4.69, 9.17) is 9.72 Å². The molecule has 1 aromatic rings. The van der Waals surface area contributed by atoms with Crippen LogP contribution in [0.1, 0.15) is 17.7 Å². The second-order valence-corrected chi connectivity index (χ2v) is 4.67. The first-order valence-electron chi connectivity index (χ1n) is 6.46. The molecule has 0 aliphatic carbocycles. The Labute approximate surface area is 102 Å². The maximum Gasteiger partial charge on any atom is 0.128 e. The van der Waals surface area contributed by atoms with Gasteiger partial charge in [-0.3, -0.25) is 0 Å². The first-order chi connectivity index (χ1) is 8.43. The van der Waals surface area contributed by atoms with Crippen LogP contribution in [0.2, 0.25) is 0 Å². The lowest BCUT2D eigenvalue weighted by molar-refractivity contribution is 0.107. The van der Waals surface area contributed by atoms with Gasteiger partial charge in [-0.25, -0.2) is 4.98 Å². The molecule has 0 aromatic carbocycles. The van der Waals surface area contributed by atoms with Crippen molar-refractivity contribution in [3.05, 3.63) is 23.4 Å². The van der Waals surface area contributed by atoms with Gasteiger partial charge in [0.15, 0.2) is 0 Å². The van der Waals surface area contributed by atoms with Gasteiger partial charge in [-0.15, -0.1) is 0 Å². The van der Waals surface area contributed by atoms with Crippen LogP contribution < -0.4 is 10.2 Å². The van der Waals surface area contributed by atoms with Gasteiger partial charge in [0.25, 0.3) is 0 Å². The number of hydrogen-bond acceptors (Lipinski definition) is 4. The summed E-state index contributed by atoms with van der Waals surface area (Å²) in [7, 11) is 0. The fraction of sp³-hybridized carbons (Fsp3) is 0.615. The van der Waals surface area contributed by atoms with Crippen LogP contribution in [0.3, 0.4) is 0 Å². The second kappa shape index (κ2) is 5.02. The molecule has 1 saturated heterocycles. The zero-order valence-electron chi connectivity index (χ0n) is 10.1. The summed E-state index contributed by atoms with van der Waals surface area (Å²) in [4.78, 5) is 7.12. The molecule has 3 heterocycles. The summed E-state index contributed by atoms with van der Waals surface area (Å²) < 4.78 is 5.47. The van der Waals surface area contributed by atoms with Crippen molar-refractivity contribution in [1.82, 2.24) is 10.3 Å². The molecule has 3 rings (SSSR count). The maximum absolute atomic E-state index is 5.47. The molecule has 1 fully saturated rings. The highest BCUT2D eigenvalue weighted by Gasteiger charge is 2.15. The highest BCUT2D eigenvalue weighted by molar-refractivity contribution is 5.42. The molecule has 17 heavy (non-hydrogen) atoms. The van der Waals surface area contributed by atoms with Gasteiger partial charge < -0.3 is 15.0 Å². The summed E-state index contributed by atoms with van der Waals surface area (Å²) in [6.45, 7) is 5.82. The van der Waals surface area contributed by atoms with E-state index < -0.39 is 0 Å². The average Bonchev–Trinajstić information content (AvgIpc) is 2.67. The summed E-state index contributed by atoms with van der Waals surface area (Å²) in [5, 5.41) is 3.42.